The molecule has 0 unspecified atom stereocenters. The Morgan fingerprint density at radius 3 is 2.74 bits per heavy atom. The van der Waals surface area contributed by atoms with Gasteiger partial charge in [0.15, 0.2) is 0 Å². The van der Waals surface area contributed by atoms with E-state index in [2.05, 4.69) is 50.0 Å². The first-order chi connectivity index (χ1) is 15.2. The van der Waals surface area contributed by atoms with Gasteiger partial charge in [-0.05, 0) is 43.2 Å². The van der Waals surface area contributed by atoms with Crippen LogP contribution in [0.2, 0.25) is 0 Å². The van der Waals surface area contributed by atoms with Gasteiger partial charge in [0.05, 0.1) is 17.6 Å². The number of aromatic amines is 1. The first-order valence-corrected chi connectivity index (χ1v) is 11.0. The Labute approximate surface area is 181 Å². The lowest BCUT2D eigenvalue weighted by atomic mass is 10.1. The second-order valence-electron chi connectivity index (χ2n) is 8.42. The lowest BCUT2D eigenvalue weighted by Gasteiger charge is -2.28. The Morgan fingerprint density at radius 2 is 1.97 bits per heavy atom. The minimum absolute atomic E-state index is 0.205. The molecule has 3 aromatic rings. The first kappa shape index (κ1) is 19.7. The van der Waals surface area contributed by atoms with E-state index in [0.29, 0.717) is 25.0 Å². The van der Waals surface area contributed by atoms with E-state index in [1.54, 1.807) is 6.20 Å². The molecular formula is C23H27N7O. The largest absolute Gasteiger partial charge is 0.351 e. The fraction of sp³-hybridized carbons (Fsp3) is 0.435. The number of anilines is 1. The molecule has 0 radical (unpaired) electrons. The molecule has 8 nitrogen and oxygen atoms in total. The Balaban J connectivity index is 1.12. The molecule has 0 saturated carbocycles. The number of nitrogens with zero attached hydrogens (tertiary/aromatic N) is 5. The molecule has 0 atom stereocenters. The second kappa shape index (κ2) is 8.83. The molecule has 1 amide bonds. The monoisotopic (exact) mass is 417 g/mol. The van der Waals surface area contributed by atoms with Crippen molar-refractivity contribution in [1.29, 1.82) is 0 Å². The number of carbonyl (C=O) groups is 1. The molecule has 2 aliphatic rings. The third-order valence-electron chi connectivity index (χ3n) is 6.21. The summed E-state index contributed by atoms with van der Waals surface area (Å²) in [6, 6.07) is 8.94. The molecule has 1 aliphatic carbocycles. The lowest BCUT2D eigenvalue weighted by molar-refractivity contribution is -0.132. The van der Waals surface area contributed by atoms with Gasteiger partial charge in [0.2, 0.25) is 11.9 Å². The van der Waals surface area contributed by atoms with Crippen molar-refractivity contribution in [3.63, 3.8) is 0 Å². The van der Waals surface area contributed by atoms with E-state index in [1.165, 1.54) is 11.1 Å². The average molecular weight is 418 g/mol. The summed E-state index contributed by atoms with van der Waals surface area (Å²) in [7, 11) is 0. The number of hydrogen-bond donors (Lipinski definition) is 2. The zero-order valence-electron chi connectivity index (χ0n) is 17.5. The van der Waals surface area contributed by atoms with Gasteiger partial charge >= 0.3 is 0 Å². The molecule has 5 rings (SSSR count). The molecule has 3 heterocycles. The number of unbranched alkanes of at least 4 members (excludes halogenated alkanes) is 1. The predicted molar refractivity (Wildman–Crippen MR) is 116 cm³/mol. The molecule has 8 heteroatoms. The van der Waals surface area contributed by atoms with Gasteiger partial charge in [0, 0.05) is 43.7 Å². The molecular weight excluding hydrogens is 390 g/mol. The molecule has 0 saturated heterocycles. The van der Waals surface area contributed by atoms with Gasteiger partial charge in [-0.25, -0.2) is 9.97 Å². The van der Waals surface area contributed by atoms with Crippen LogP contribution in [0.4, 0.5) is 5.95 Å². The zero-order chi connectivity index (χ0) is 21.0. The number of rotatable bonds is 7. The highest BCUT2D eigenvalue weighted by molar-refractivity contribution is 5.76. The summed E-state index contributed by atoms with van der Waals surface area (Å²) < 4.78 is 0. The number of fused-ring (bicyclic) bond motifs is 2. The van der Waals surface area contributed by atoms with E-state index in [1.807, 2.05) is 11.1 Å². The Hall–Kier alpha value is -3.29. The minimum atomic E-state index is 0.205. The van der Waals surface area contributed by atoms with Gasteiger partial charge < -0.3 is 10.2 Å². The summed E-state index contributed by atoms with van der Waals surface area (Å²) in [6.45, 7) is 1.33. The Bertz CT molecular complexity index is 1020. The SMILES string of the molecule is O=C(CCCCc1cn[nH]n1)N1CCc2nc(NC3Cc4ccccc4C3)ncc2C1. The predicted octanol–water partition coefficient (Wildman–Crippen LogP) is 2.47. The fourth-order valence-corrected chi connectivity index (χ4v) is 4.53. The van der Waals surface area contributed by atoms with E-state index in [4.69, 9.17) is 4.98 Å². The maximum absolute atomic E-state index is 12.6. The topological polar surface area (TPSA) is 99.7 Å². The summed E-state index contributed by atoms with van der Waals surface area (Å²) in [6.07, 6.45) is 9.63. The van der Waals surface area contributed by atoms with Crippen LogP contribution >= 0.6 is 0 Å². The van der Waals surface area contributed by atoms with E-state index in [0.717, 1.165) is 62.0 Å². The maximum atomic E-state index is 12.6. The van der Waals surface area contributed by atoms with E-state index in [9.17, 15) is 4.79 Å². The number of aryl methyl sites for hydroxylation is 1. The lowest BCUT2D eigenvalue weighted by Crippen LogP contribution is -2.36. The van der Waals surface area contributed by atoms with Crippen molar-refractivity contribution < 1.29 is 4.79 Å². The van der Waals surface area contributed by atoms with Gasteiger partial charge in [-0.3, -0.25) is 4.79 Å². The van der Waals surface area contributed by atoms with Crippen LogP contribution in [0.3, 0.4) is 0 Å². The van der Waals surface area contributed by atoms with Crippen molar-refractivity contribution >= 4 is 11.9 Å². The van der Waals surface area contributed by atoms with Crippen molar-refractivity contribution in [2.45, 2.75) is 57.5 Å². The van der Waals surface area contributed by atoms with E-state index < -0.39 is 0 Å². The summed E-state index contributed by atoms with van der Waals surface area (Å²) in [5, 5.41) is 14.0. The molecule has 31 heavy (non-hydrogen) atoms. The van der Waals surface area contributed by atoms with Crippen molar-refractivity contribution in [2.24, 2.45) is 0 Å². The normalized spacial score (nSPS) is 15.5. The fourth-order valence-electron chi connectivity index (χ4n) is 4.53. The summed E-state index contributed by atoms with van der Waals surface area (Å²) in [5.41, 5.74) is 5.88. The van der Waals surface area contributed by atoms with Gasteiger partial charge in [0.25, 0.3) is 0 Å². The van der Waals surface area contributed by atoms with Crippen LogP contribution in [0.15, 0.2) is 36.7 Å². The number of carbonyl (C=O) groups excluding carboxylic acids is 1. The standard InChI is InChI=1S/C23H27N7O/c31-22(8-4-3-7-19-14-25-29-28-19)30-10-9-21-18(15-30)13-24-23(27-21)26-20-11-16-5-1-2-6-17(16)12-20/h1-2,5-6,13-14,20H,3-4,7-12,15H2,(H,24,26,27)(H,25,28,29). The molecule has 2 aromatic heterocycles. The second-order valence-corrected chi connectivity index (χ2v) is 8.42. The van der Waals surface area contributed by atoms with Gasteiger partial charge in [-0.1, -0.05) is 24.3 Å². The van der Waals surface area contributed by atoms with Crippen LogP contribution in [0, 0.1) is 0 Å². The van der Waals surface area contributed by atoms with Gasteiger partial charge in [-0.15, -0.1) is 0 Å². The average Bonchev–Trinajstić information content (AvgIpc) is 3.45. The highest BCUT2D eigenvalue weighted by Crippen LogP contribution is 2.24. The van der Waals surface area contributed by atoms with E-state index in [-0.39, 0.29) is 5.91 Å². The number of hydrogen-bond acceptors (Lipinski definition) is 6. The quantitative estimate of drug-likeness (QED) is 0.573. The minimum Gasteiger partial charge on any atom is -0.351 e. The highest BCUT2D eigenvalue weighted by atomic mass is 16.2. The zero-order valence-corrected chi connectivity index (χ0v) is 17.5. The highest BCUT2D eigenvalue weighted by Gasteiger charge is 2.24. The Morgan fingerprint density at radius 1 is 1.13 bits per heavy atom. The van der Waals surface area contributed by atoms with Crippen molar-refractivity contribution in [1.82, 2.24) is 30.3 Å². The number of nitrogens with one attached hydrogen (secondary N) is 2. The van der Waals surface area contributed by atoms with Crippen LogP contribution in [-0.2, 0) is 37.0 Å². The number of amides is 1. The summed E-state index contributed by atoms with van der Waals surface area (Å²) >= 11 is 0. The number of aromatic nitrogens is 5. The van der Waals surface area contributed by atoms with Crippen LogP contribution in [0.25, 0.3) is 0 Å². The third kappa shape index (κ3) is 4.57. The van der Waals surface area contributed by atoms with Crippen LogP contribution in [0.5, 0.6) is 0 Å². The molecule has 1 aromatic carbocycles. The van der Waals surface area contributed by atoms with Crippen LogP contribution < -0.4 is 5.32 Å². The van der Waals surface area contributed by atoms with Gasteiger partial charge in [-0.2, -0.15) is 15.4 Å². The summed E-state index contributed by atoms with van der Waals surface area (Å²) in [5.74, 6) is 0.904. The molecule has 0 spiro atoms. The molecule has 2 N–H and O–H groups in total. The number of H-pyrrole nitrogens is 1. The number of benzene rings is 1. The maximum Gasteiger partial charge on any atom is 0.223 e. The van der Waals surface area contributed by atoms with Crippen molar-refractivity contribution in [3.05, 3.63) is 64.7 Å². The van der Waals surface area contributed by atoms with Crippen molar-refractivity contribution in [2.75, 3.05) is 11.9 Å². The molecule has 160 valence electrons. The summed E-state index contributed by atoms with van der Waals surface area (Å²) in [4.78, 5) is 23.8. The van der Waals surface area contributed by atoms with Crippen LogP contribution in [-0.4, -0.2) is 48.8 Å². The third-order valence-corrected chi connectivity index (χ3v) is 6.21. The van der Waals surface area contributed by atoms with Crippen molar-refractivity contribution in [3.8, 4) is 0 Å². The molecule has 0 bridgehead atoms. The van der Waals surface area contributed by atoms with E-state index >= 15 is 0 Å². The first-order valence-electron chi connectivity index (χ1n) is 11.0. The van der Waals surface area contributed by atoms with Crippen LogP contribution in [0.1, 0.15) is 47.3 Å². The molecule has 0 fully saturated rings. The smallest absolute Gasteiger partial charge is 0.223 e. The van der Waals surface area contributed by atoms with Gasteiger partial charge in [0.1, 0.15) is 0 Å². The molecule has 1 aliphatic heterocycles. The Kier molecular flexibility index (Phi) is 5.60.